The highest BCUT2D eigenvalue weighted by Gasteiger charge is 2.09. The van der Waals surface area contributed by atoms with Gasteiger partial charge in [-0.3, -0.25) is 4.79 Å². The molecule has 0 unspecified atom stereocenters. The van der Waals surface area contributed by atoms with Crippen LogP contribution in [0.2, 0.25) is 5.02 Å². The monoisotopic (exact) mass is 313 g/mol. The second kappa shape index (κ2) is 9.23. The number of carbonyl (C=O) groups excluding carboxylic acids is 2. The van der Waals surface area contributed by atoms with E-state index >= 15 is 0 Å². The zero-order chi connectivity index (χ0) is 15.7. The van der Waals surface area contributed by atoms with Gasteiger partial charge in [-0.05, 0) is 44.4 Å². The van der Waals surface area contributed by atoms with Crippen LogP contribution in [0.3, 0.4) is 0 Å². The van der Waals surface area contributed by atoms with E-state index in [9.17, 15) is 9.59 Å². The lowest BCUT2D eigenvalue weighted by atomic mass is 10.2. The van der Waals surface area contributed by atoms with Gasteiger partial charge in [0, 0.05) is 6.42 Å². The molecule has 0 saturated heterocycles. The van der Waals surface area contributed by atoms with Crippen LogP contribution >= 0.6 is 11.6 Å². The molecule has 0 bridgehead atoms. The summed E-state index contributed by atoms with van der Waals surface area (Å²) in [6.07, 6.45) is 2.63. The standard InChI is InChI=1S/C15H20ClNO4/c1-2-20-14(18)6-4-3-5-9-21-15(19)11-7-8-13(17)12(16)10-11/h7-8,10H,2-6,9,17H2,1H3. The Bertz CT molecular complexity index is 491. The molecule has 0 radical (unpaired) electrons. The average Bonchev–Trinajstić information content (AvgIpc) is 2.45. The largest absolute Gasteiger partial charge is 0.466 e. The fourth-order valence-electron chi connectivity index (χ4n) is 1.68. The molecule has 1 aromatic carbocycles. The molecule has 5 nitrogen and oxygen atoms in total. The average molecular weight is 314 g/mol. The van der Waals surface area contributed by atoms with Crippen molar-refractivity contribution >= 4 is 29.2 Å². The molecule has 21 heavy (non-hydrogen) atoms. The van der Waals surface area contributed by atoms with Crippen molar-refractivity contribution in [3.05, 3.63) is 28.8 Å². The van der Waals surface area contributed by atoms with Gasteiger partial charge in [0.25, 0.3) is 0 Å². The van der Waals surface area contributed by atoms with Crippen LogP contribution in [0.1, 0.15) is 43.0 Å². The summed E-state index contributed by atoms with van der Waals surface area (Å²) in [5, 5.41) is 0.332. The zero-order valence-electron chi connectivity index (χ0n) is 12.1. The van der Waals surface area contributed by atoms with Crippen molar-refractivity contribution in [2.45, 2.75) is 32.6 Å². The molecule has 1 aromatic rings. The Morgan fingerprint density at radius 1 is 1.19 bits per heavy atom. The Morgan fingerprint density at radius 2 is 1.95 bits per heavy atom. The summed E-state index contributed by atoms with van der Waals surface area (Å²) in [6.45, 7) is 2.49. The number of ether oxygens (including phenoxy) is 2. The van der Waals surface area contributed by atoms with Crippen LogP contribution in [0.5, 0.6) is 0 Å². The third-order valence-electron chi connectivity index (χ3n) is 2.80. The Morgan fingerprint density at radius 3 is 2.62 bits per heavy atom. The van der Waals surface area contributed by atoms with Crippen LogP contribution in [0.25, 0.3) is 0 Å². The van der Waals surface area contributed by atoms with Gasteiger partial charge < -0.3 is 15.2 Å². The molecule has 0 aliphatic heterocycles. The third kappa shape index (κ3) is 6.49. The predicted octanol–water partition coefficient (Wildman–Crippen LogP) is 3.20. The molecule has 1 rings (SSSR count). The topological polar surface area (TPSA) is 78.6 Å². The minimum Gasteiger partial charge on any atom is -0.466 e. The highest BCUT2D eigenvalue weighted by molar-refractivity contribution is 6.33. The SMILES string of the molecule is CCOC(=O)CCCCCOC(=O)c1ccc(N)c(Cl)c1. The maximum Gasteiger partial charge on any atom is 0.338 e. The Labute approximate surface area is 129 Å². The van der Waals surface area contributed by atoms with E-state index in [2.05, 4.69) is 0 Å². The second-order valence-electron chi connectivity index (χ2n) is 4.49. The highest BCUT2D eigenvalue weighted by Crippen LogP contribution is 2.20. The Balaban J connectivity index is 2.19. The van der Waals surface area contributed by atoms with Gasteiger partial charge in [-0.1, -0.05) is 11.6 Å². The highest BCUT2D eigenvalue weighted by atomic mass is 35.5. The number of nitrogens with two attached hydrogens (primary N) is 1. The van der Waals surface area contributed by atoms with Crippen molar-refractivity contribution in [1.29, 1.82) is 0 Å². The van der Waals surface area contributed by atoms with Crippen LogP contribution in [-0.4, -0.2) is 25.2 Å². The third-order valence-corrected chi connectivity index (χ3v) is 3.13. The molecule has 0 saturated carbocycles. The Hall–Kier alpha value is -1.75. The summed E-state index contributed by atoms with van der Waals surface area (Å²) < 4.78 is 9.94. The quantitative estimate of drug-likeness (QED) is 0.453. The first-order chi connectivity index (χ1) is 10.0. The van der Waals surface area contributed by atoms with E-state index in [1.54, 1.807) is 19.1 Å². The number of hydrogen-bond acceptors (Lipinski definition) is 5. The molecule has 0 aliphatic carbocycles. The fourth-order valence-corrected chi connectivity index (χ4v) is 1.86. The van der Waals surface area contributed by atoms with Gasteiger partial charge in [0.15, 0.2) is 0 Å². The molecular formula is C15H20ClNO4. The molecule has 0 aromatic heterocycles. The van der Waals surface area contributed by atoms with Gasteiger partial charge in [-0.2, -0.15) is 0 Å². The van der Waals surface area contributed by atoms with Crippen LogP contribution in [0.4, 0.5) is 5.69 Å². The number of unbranched alkanes of at least 4 members (excludes halogenated alkanes) is 2. The van der Waals surface area contributed by atoms with E-state index in [1.807, 2.05) is 0 Å². The normalized spacial score (nSPS) is 10.2. The summed E-state index contributed by atoms with van der Waals surface area (Å²) in [7, 11) is 0. The maximum atomic E-state index is 11.7. The number of anilines is 1. The van der Waals surface area contributed by atoms with E-state index in [0.717, 1.165) is 12.8 Å². The second-order valence-corrected chi connectivity index (χ2v) is 4.90. The number of carbonyl (C=O) groups is 2. The molecule has 116 valence electrons. The minimum absolute atomic E-state index is 0.189. The van der Waals surface area contributed by atoms with Crippen molar-refractivity contribution in [2.24, 2.45) is 0 Å². The van der Waals surface area contributed by atoms with E-state index in [4.69, 9.17) is 26.8 Å². The van der Waals surface area contributed by atoms with Crippen molar-refractivity contribution in [3.63, 3.8) is 0 Å². The molecule has 0 heterocycles. The molecule has 0 amide bonds. The first-order valence-corrected chi connectivity index (χ1v) is 7.30. The summed E-state index contributed by atoms with van der Waals surface area (Å²) in [6, 6.07) is 4.63. The van der Waals surface area contributed by atoms with Gasteiger partial charge in [-0.25, -0.2) is 4.79 Å². The number of nitrogen functional groups attached to an aromatic ring is 1. The fraction of sp³-hybridized carbons (Fsp3) is 0.467. The number of hydrogen-bond donors (Lipinski definition) is 1. The number of rotatable bonds is 8. The number of halogens is 1. The van der Waals surface area contributed by atoms with Gasteiger partial charge in [0.1, 0.15) is 0 Å². The molecule has 0 atom stereocenters. The van der Waals surface area contributed by atoms with Crippen LogP contribution < -0.4 is 5.73 Å². The predicted molar refractivity (Wildman–Crippen MR) is 81.2 cm³/mol. The molecule has 0 aliphatic rings. The molecule has 0 fully saturated rings. The van der Waals surface area contributed by atoms with E-state index in [-0.39, 0.29) is 5.97 Å². The van der Waals surface area contributed by atoms with Crippen molar-refractivity contribution in [1.82, 2.24) is 0 Å². The van der Waals surface area contributed by atoms with E-state index < -0.39 is 5.97 Å². The lowest BCUT2D eigenvalue weighted by Crippen LogP contribution is -2.07. The Kier molecular flexibility index (Phi) is 7.61. The van der Waals surface area contributed by atoms with Gasteiger partial charge in [-0.15, -0.1) is 0 Å². The number of benzene rings is 1. The van der Waals surface area contributed by atoms with Crippen LogP contribution in [0, 0.1) is 0 Å². The van der Waals surface area contributed by atoms with E-state index in [0.29, 0.717) is 42.3 Å². The maximum absolute atomic E-state index is 11.7. The van der Waals surface area contributed by atoms with Crippen molar-refractivity contribution < 1.29 is 19.1 Å². The summed E-state index contributed by atoms with van der Waals surface area (Å²) in [4.78, 5) is 22.8. The molecule has 6 heteroatoms. The number of esters is 2. The van der Waals surface area contributed by atoms with Crippen molar-refractivity contribution in [2.75, 3.05) is 18.9 Å². The lowest BCUT2D eigenvalue weighted by molar-refractivity contribution is -0.143. The van der Waals surface area contributed by atoms with Gasteiger partial charge in [0.05, 0.1) is 29.5 Å². The minimum atomic E-state index is -0.428. The smallest absolute Gasteiger partial charge is 0.338 e. The van der Waals surface area contributed by atoms with Crippen molar-refractivity contribution in [3.8, 4) is 0 Å². The summed E-state index contributed by atoms with van der Waals surface area (Å²) in [5.41, 5.74) is 6.37. The zero-order valence-corrected chi connectivity index (χ0v) is 12.8. The molecular weight excluding hydrogens is 294 g/mol. The lowest BCUT2D eigenvalue weighted by Gasteiger charge is -2.06. The van der Waals surface area contributed by atoms with Crippen LogP contribution in [0.15, 0.2) is 18.2 Å². The molecule has 2 N–H and O–H groups in total. The summed E-state index contributed by atoms with van der Waals surface area (Å²) in [5.74, 6) is -0.617. The van der Waals surface area contributed by atoms with Gasteiger partial charge in [0.2, 0.25) is 0 Å². The van der Waals surface area contributed by atoms with Crippen LogP contribution in [-0.2, 0) is 14.3 Å². The first-order valence-electron chi connectivity index (χ1n) is 6.92. The first kappa shape index (κ1) is 17.3. The van der Waals surface area contributed by atoms with Gasteiger partial charge >= 0.3 is 11.9 Å². The summed E-state index contributed by atoms with van der Waals surface area (Å²) >= 11 is 5.84. The molecule has 0 spiro atoms. The van der Waals surface area contributed by atoms with E-state index in [1.165, 1.54) is 6.07 Å².